The van der Waals surface area contributed by atoms with E-state index in [1.807, 2.05) is 60.7 Å². The number of carbonyl (C=O) groups excluding carboxylic acids is 1. The first-order valence-electron chi connectivity index (χ1n) is 10.4. The molecule has 144 valence electrons. The van der Waals surface area contributed by atoms with Gasteiger partial charge in [0.15, 0.2) is 0 Å². The summed E-state index contributed by atoms with van der Waals surface area (Å²) < 4.78 is 5.84. The van der Waals surface area contributed by atoms with Crippen LogP contribution in [0, 0.1) is 22.7 Å². The number of benzene rings is 2. The summed E-state index contributed by atoms with van der Waals surface area (Å²) >= 11 is 0. The Morgan fingerprint density at radius 2 is 1.54 bits per heavy atom. The van der Waals surface area contributed by atoms with Crippen molar-refractivity contribution in [3.63, 3.8) is 0 Å². The fraction of sp³-hybridized carbons (Fsp3) is 0.440. The molecule has 2 saturated carbocycles. The average Bonchev–Trinajstić information content (AvgIpc) is 3.34. The smallest absolute Gasteiger partial charge is 0.312 e. The van der Waals surface area contributed by atoms with E-state index in [4.69, 9.17) is 4.74 Å². The van der Waals surface area contributed by atoms with Crippen LogP contribution in [0.15, 0.2) is 60.7 Å². The quantitative estimate of drug-likeness (QED) is 0.637. The van der Waals surface area contributed by atoms with E-state index in [-0.39, 0.29) is 18.0 Å². The summed E-state index contributed by atoms with van der Waals surface area (Å²) in [6.07, 6.45) is 6.99. The summed E-state index contributed by atoms with van der Waals surface area (Å²) in [5, 5.41) is 10.2. The van der Waals surface area contributed by atoms with Gasteiger partial charge in [-0.05, 0) is 42.7 Å². The van der Waals surface area contributed by atoms with Crippen LogP contribution in [0.4, 0.5) is 0 Å². The first-order chi connectivity index (χ1) is 13.7. The molecule has 3 heteroatoms. The van der Waals surface area contributed by atoms with Crippen LogP contribution in [0.1, 0.15) is 56.1 Å². The Bertz CT molecular complexity index is 804. The number of esters is 1. The van der Waals surface area contributed by atoms with Crippen molar-refractivity contribution in [3.8, 4) is 6.07 Å². The van der Waals surface area contributed by atoms with E-state index < -0.39 is 5.41 Å². The van der Waals surface area contributed by atoms with Crippen molar-refractivity contribution >= 4 is 5.97 Å². The minimum atomic E-state index is -0.814. The highest BCUT2D eigenvalue weighted by Crippen LogP contribution is 2.55. The molecule has 2 aromatic carbocycles. The average molecular weight is 373 g/mol. The van der Waals surface area contributed by atoms with Crippen LogP contribution < -0.4 is 0 Å². The third kappa shape index (κ3) is 3.11. The first kappa shape index (κ1) is 18.7. The molecule has 0 unspecified atom stereocenters. The molecule has 4 rings (SSSR count). The third-order valence-electron chi connectivity index (χ3n) is 6.97. The fourth-order valence-corrected chi connectivity index (χ4v) is 5.46. The molecule has 0 spiro atoms. The third-order valence-corrected chi connectivity index (χ3v) is 6.97. The van der Waals surface area contributed by atoms with E-state index in [0.29, 0.717) is 12.3 Å². The SMILES string of the molecule is N#CC(CCOC(=O)C12CCCC1CCC2)(c1ccccc1)c1ccccc1. The van der Waals surface area contributed by atoms with E-state index in [9.17, 15) is 10.1 Å². The number of fused-ring (bicyclic) bond motifs is 1. The monoisotopic (exact) mass is 373 g/mol. The van der Waals surface area contributed by atoms with Crippen molar-refractivity contribution in [1.82, 2.24) is 0 Å². The normalized spacial score (nSPS) is 23.8. The summed E-state index contributed by atoms with van der Waals surface area (Å²) in [5.41, 5.74) is 0.829. The van der Waals surface area contributed by atoms with Crippen molar-refractivity contribution in [3.05, 3.63) is 71.8 Å². The lowest BCUT2D eigenvalue weighted by Crippen LogP contribution is -2.34. The standard InChI is InChI=1S/C25H27NO2/c26-19-25(21-9-3-1-4-10-21,22-11-5-2-6-12-22)17-18-28-23(27)24-15-7-13-20(24)14-8-16-24/h1-6,9-12,20H,7-8,13-18H2. The van der Waals surface area contributed by atoms with Crippen LogP contribution in [0.3, 0.4) is 0 Å². The van der Waals surface area contributed by atoms with Gasteiger partial charge in [-0.2, -0.15) is 5.26 Å². The minimum absolute atomic E-state index is 0.0273. The van der Waals surface area contributed by atoms with Crippen LogP contribution in [-0.4, -0.2) is 12.6 Å². The van der Waals surface area contributed by atoms with Crippen LogP contribution in [0.5, 0.6) is 0 Å². The van der Waals surface area contributed by atoms with Crippen LogP contribution in [-0.2, 0) is 14.9 Å². The topological polar surface area (TPSA) is 50.1 Å². The zero-order chi connectivity index (χ0) is 19.5. The second kappa shape index (κ2) is 7.80. The highest BCUT2D eigenvalue weighted by atomic mass is 16.5. The highest BCUT2D eigenvalue weighted by molar-refractivity contribution is 5.78. The van der Waals surface area contributed by atoms with Crippen molar-refractivity contribution in [2.75, 3.05) is 6.61 Å². The van der Waals surface area contributed by atoms with E-state index in [1.165, 1.54) is 0 Å². The van der Waals surface area contributed by atoms with Crippen molar-refractivity contribution in [2.45, 2.75) is 50.4 Å². The molecule has 2 aliphatic rings. The molecule has 0 atom stereocenters. The molecule has 2 fully saturated rings. The molecule has 0 amide bonds. The maximum absolute atomic E-state index is 13.0. The summed E-state index contributed by atoms with van der Waals surface area (Å²) in [6.45, 7) is 0.269. The number of nitrogens with zero attached hydrogens (tertiary/aromatic N) is 1. The number of ether oxygens (including phenoxy) is 1. The van der Waals surface area contributed by atoms with Crippen molar-refractivity contribution in [1.29, 1.82) is 5.26 Å². The molecule has 0 saturated heterocycles. The van der Waals surface area contributed by atoms with Gasteiger partial charge >= 0.3 is 5.97 Å². The Kier molecular flexibility index (Phi) is 5.22. The highest BCUT2D eigenvalue weighted by Gasteiger charge is 2.52. The molecule has 0 N–H and O–H groups in total. The van der Waals surface area contributed by atoms with Gasteiger partial charge < -0.3 is 4.74 Å². The number of nitriles is 1. The Balaban J connectivity index is 1.54. The van der Waals surface area contributed by atoms with Crippen LogP contribution in [0.2, 0.25) is 0 Å². The second-order valence-corrected chi connectivity index (χ2v) is 8.27. The van der Waals surface area contributed by atoms with Gasteiger partial charge in [0.2, 0.25) is 0 Å². The summed E-state index contributed by atoms with van der Waals surface area (Å²) in [6, 6.07) is 22.2. The number of rotatable bonds is 6. The molecule has 0 heterocycles. The maximum atomic E-state index is 13.0. The lowest BCUT2D eigenvalue weighted by molar-refractivity contribution is -0.157. The lowest BCUT2D eigenvalue weighted by Gasteiger charge is -2.30. The maximum Gasteiger partial charge on any atom is 0.312 e. The Morgan fingerprint density at radius 3 is 2.04 bits per heavy atom. The Morgan fingerprint density at radius 1 is 1.00 bits per heavy atom. The number of hydrogen-bond donors (Lipinski definition) is 0. The number of carbonyl (C=O) groups is 1. The molecule has 0 aliphatic heterocycles. The fourth-order valence-electron chi connectivity index (χ4n) is 5.46. The Labute approximate surface area is 167 Å². The van der Waals surface area contributed by atoms with E-state index in [1.54, 1.807) is 0 Å². The van der Waals surface area contributed by atoms with Crippen molar-refractivity contribution < 1.29 is 9.53 Å². The second-order valence-electron chi connectivity index (χ2n) is 8.27. The molecule has 3 nitrogen and oxygen atoms in total. The lowest BCUT2D eigenvalue weighted by atomic mass is 9.73. The van der Waals surface area contributed by atoms with Gasteiger partial charge in [0.1, 0.15) is 5.41 Å². The summed E-state index contributed by atoms with van der Waals surface area (Å²) in [5.74, 6) is 0.476. The molecule has 0 aromatic heterocycles. The number of hydrogen-bond acceptors (Lipinski definition) is 3. The molecule has 2 aliphatic carbocycles. The van der Waals surface area contributed by atoms with E-state index in [2.05, 4.69) is 6.07 Å². The zero-order valence-electron chi connectivity index (χ0n) is 16.3. The molecule has 0 radical (unpaired) electrons. The van der Waals surface area contributed by atoms with Gasteiger partial charge in [-0.3, -0.25) is 4.79 Å². The first-order valence-corrected chi connectivity index (χ1v) is 10.4. The molecule has 0 bridgehead atoms. The largest absolute Gasteiger partial charge is 0.465 e. The summed E-state index contributed by atoms with van der Waals surface area (Å²) in [7, 11) is 0. The van der Waals surface area contributed by atoms with Gasteiger partial charge in [0, 0.05) is 6.42 Å². The van der Waals surface area contributed by atoms with Crippen LogP contribution >= 0.6 is 0 Å². The molecule has 2 aromatic rings. The van der Waals surface area contributed by atoms with Crippen molar-refractivity contribution in [2.24, 2.45) is 11.3 Å². The van der Waals surface area contributed by atoms with Gasteiger partial charge in [-0.25, -0.2) is 0 Å². The van der Waals surface area contributed by atoms with Gasteiger partial charge in [-0.1, -0.05) is 73.5 Å². The van der Waals surface area contributed by atoms with Gasteiger partial charge in [0.25, 0.3) is 0 Å². The predicted octanol–water partition coefficient (Wildman–Crippen LogP) is 5.40. The van der Waals surface area contributed by atoms with E-state index >= 15 is 0 Å². The molecular weight excluding hydrogens is 346 g/mol. The Hall–Kier alpha value is -2.60. The summed E-state index contributed by atoms with van der Waals surface area (Å²) in [4.78, 5) is 13.0. The predicted molar refractivity (Wildman–Crippen MR) is 108 cm³/mol. The molecular formula is C25H27NO2. The van der Waals surface area contributed by atoms with Crippen LogP contribution in [0.25, 0.3) is 0 Å². The van der Waals surface area contributed by atoms with Gasteiger partial charge in [0.05, 0.1) is 18.1 Å². The molecule has 28 heavy (non-hydrogen) atoms. The zero-order valence-corrected chi connectivity index (χ0v) is 16.3. The van der Waals surface area contributed by atoms with E-state index in [0.717, 1.165) is 49.7 Å². The van der Waals surface area contributed by atoms with Gasteiger partial charge in [-0.15, -0.1) is 0 Å². The minimum Gasteiger partial charge on any atom is -0.465 e.